The number of allylic oxidation sites excluding steroid dienone is 1. The Morgan fingerprint density at radius 2 is 1.56 bits per heavy atom. The van der Waals surface area contributed by atoms with Crippen molar-refractivity contribution in [3.8, 4) is 5.75 Å². The van der Waals surface area contributed by atoms with Crippen molar-refractivity contribution in [3.05, 3.63) is 76.1 Å². The zero-order valence-corrected chi connectivity index (χ0v) is 27.3. The van der Waals surface area contributed by atoms with Gasteiger partial charge in [-0.05, 0) is 76.8 Å². The summed E-state index contributed by atoms with van der Waals surface area (Å²) in [6.45, 7) is 25.0. The molecule has 1 N–H and O–H groups in total. The molecule has 3 aromatic rings. The third-order valence-electron chi connectivity index (χ3n) is 5.82. The SMILES string of the molecule is C=C(C)Oc1ccc2ccccc2c1.C=c1[nH]c(CC)c(Cl)/c1=C(/C)OC(CCC)CCC.CC(=O)OC(C)(C)C. The topological polar surface area (TPSA) is 60.5 Å². The maximum absolute atomic E-state index is 10.2. The van der Waals surface area contributed by atoms with E-state index in [1.54, 1.807) is 0 Å². The molecular formula is C35H50ClNO4. The Balaban J connectivity index is 0.000000334. The van der Waals surface area contributed by atoms with E-state index >= 15 is 0 Å². The fourth-order valence-electron chi connectivity index (χ4n) is 4.27. The van der Waals surface area contributed by atoms with Crippen molar-refractivity contribution < 1.29 is 19.0 Å². The number of fused-ring (bicyclic) bond motifs is 1. The monoisotopic (exact) mass is 583 g/mol. The lowest BCUT2D eigenvalue weighted by atomic mass is 10.1. The molecule has 1 heterocycles. The van der Waals surface area contributed by atoms with Crippen molar-refractivity contribution in [1.82, 2.24) is 4.98 Å². The van der Waals surface area contributed by atoms with E-state index in [1.807, 2.05) is 65.0 Å². The number of esters is 1. The molecule has 0 aliphatic rings. The predicted octanol–water partition coefficient (Wildman–Crippen LogP) is 8.85. The Kier molecular flexibility index (Phi) is 15.4. The number of aromatic nitrogens is 1. The minimum absolute atomic E-state index is 0.225. The van der Waals surface area contributed by atoms with Crippen molar-refractivity contribution in [2.75, 3.05) is 0 Å². The van der Waals surface area contributed by atoms with E-state index in [0.29, 0.717) is 5.76 Å². The van der Waals surface area contributed by atoms with E-state index in [4.69, 9.17) is 25.8 Å². The van der Waals surface area contributed by atoms with Crippen LogP contribution < -0.4 is 15.3 Å². The molecule has 3 rings (SSSR count). The maximum Gasteiger partial charge on any atom is 0.303 e. The molecule has 6 heteroatoms. The van der Waals surface area contributed by atoms with Crippen LogP contribution in [0, 0.1) is 0 Å². The van der Waals surface area contributed by atoms with Gasteiger partial charge in [0.05, 0.1) is 22.1 Å². The smallest absolute Gasteiger partial charge is 0.303 e. The molecule has 0 fully saturated rings. The summed E-state index contributed by atoms with van der Waals surface area (Å²) in [4.78, 5) is 13.5. The number of carbonyl (C=O) groups excluding carboxylic acids is 1. The van der Waals surface area contributed by atoms with Crippen LogP contribution in [0.5, 0.6) is 5.75 Å². The number of ether oxygens (including phenoxy) is 3. The molecule has 0 spiro atoms. The van der Waals surface area contributed by atoms with Gasteiger partial charge in [-0.1, -0.05) is 88.7 Å². The number of aromatic amines is 1. The summed E-state index contributed by atoms with van der Waals surface area (Å²) in [6, 6.07) is 14.2. The number of benzene rings is 2. The molecule has 0 atom stereocenters. The zero-order valence-electron chi connectivity index (χ0n) is 26.6. The standard InChI is InChI=1S/C16H26ClNO.C13H12O.C6H12O2/c1-6-9-13(10-7-2)19-12(5)15-11(4)18-14(8-3)16(15)17;1-10(2)14-13-8-7-11-5-3-4-6-12(11)9-13;1-5(7)8-6(2,3)4/h13,18H,4,6-10H2,1-3,5H3;3-9H,1H2,2H3;1-4H3/b15-12-;;. The summed E-state index contributed by atoms with van der Waals surface area (Å²) >= 11 is 6.39. The Bertz CT molecular complexity index is 1360. The number of rotatable bonds is 9. The summed E-state index contributed by atoms with van der Waals surface area (Å²) in [7, 11) is 0. The average molecular weight is 584 g/mol. The van der Waals surface area contributed by atoms with E-state index in [1.165, 1.54) is 17.7 Å². The number of nitrogens with one attached hydrogen (secondary N) is 1. The normalized spacial score (nSPS) is 11.6. The first kappa shape index (κ1) is 35.8. The summed E-state index contributed by atoms with van der Waals surface area (Å²) in [5.41, 5.74) is 0.707. The van der Waals surface area contributed by atoms with Crippen LogP contribution in [-0.2, 0) is 20.7 Å². The van der Waals surface area contributed by atoms with Gasteiger partial charge in [0, 0.05) is 18.0 Å². The molecule has 226 valence electrons. The van der Waals surface area contributed by atoms with Gasteiger partial charge < -0.3 is 19.2 Å². The van der Waals surface area contributed by atoms with Crippen LogP contribution in [0.25, 0.3) is 23.1 Å². The number of halogens is 1. The highest BCUT2D eigenvalue weighted by atomic mass is 35.5. The molecule has 1 aromatic heterocycles. The second-order valence-corrected chi connectivity index (χ2v) is 11.4. The lowest BCUT2D eigenvalue weighted by molar-refractivity contribution is -0.151. The van der Waals surface area contributed by atoms with Crippen molar-refractivity contribution in [2.24, 2.45) is 0 Å². The van der Waals surface area contributed by atoms with Crippen LogP contribution >= 0.6 is 11.6 Å². The molecule has 0 bridgehead atoms. The van der Waals surface area contributed by atoms with Gasteiger partial charge in [0.15, 0.2) is 0 Å². The number of H-pyrrole nitrogens is 1. The highest BCUT2D eigenvalue weighted by molar-refractivity contribution is 6.31. The third kappa shape index (κ3) is 13.4. The molecule has 0 saturated heterocycles. The first-order chi connectivity index (χ1) is 19.2. The number of carbonyl (C=O) groups is 1. The van der Waals surface area contributed by atoms with Crippen LogP contribution in [0.15, 0.2) is 54.8 Å². The number of hydrogen-bond acceptors (Lipinski definition) is 4. The van der Waals surface area contributed by atoms with E-state index in [0.717, 1.165) is 64.9 Å². The van der Waals surface area contributed by atoms with Gasteiger partial charge in [0.2, 0.25) is 0 Å². The van der Waals surface area contributed by atoms with Crippen LogP contribution in [0.3, 0.4) is 0 Å². The quantitative estimate of drug-likeness (QED) is 0.202. The molecule has 5 nitrogen and oxygen atoms in total. The summed E-state index contributed by atoms with van der Waals surface area (Å²) in [5.74, 6) is 2.21. The van der Waals surface area contributed by atoms with Crippen LogP contribution in [0.2, 0.25) is 5.02 Å². The predicted molar refractivity (Wildman–Crippen MR) is 175 cm³/mol. The number of hydrogen-bond donors (Lipinski definition) is 1. The largest absolute Gasteiger partial charge is 0.494 e. The van der Waals surface area contributed by atoms with Gasteiger partial charge in [0.25, 0.3) is 0 Å². The summed E-state index contributed by atoms with van der Waals surface area (Å²) in [6.07, 6.45) is 5.60. The van der Waals surface area contributed by atoms with Crippen molar-refractivity contribution in [2.45, 2.75) is 106 Å². The van der Waals surface area contributed by atoms with E-state index in [9.17, 15) is 4.79 Å². The third-order valence-corrected chi connectivity index (χ3v) is 6.24. The second kappa shape index (κ2) is 17.6. The minimum atomic E-state index is -0.328. The van der Waals surface area contributed by atoms with Crippen LogP contribution in [0.4, 0.5) is 0 Å². The highest BCUT2D eigenvalue weighted by Crippen LogP contribution is 2.21. The number of aryl methyl sites for hydroxylation is 1. The fraction of sp³-hybridized carbons (Fsp3) is 0.457. The highest BCUT2D eigenvalue weighted by Gasteiger charge is 2.13. The van der Waals surface area contributed by atoms with Gasteiger partial charge in [-0.2, -0.15) is 0 Å². The van der Waals surface area contributed by atoms with Gasteiger partial charge in [-0.25, -0.2) is 0 Å². The fourth-order valence-corrected chi connectivity index (χ4v) is 4.70. The molecule has 41 heavy (non-hydrogen) atoms. The summed E-state index contributed by atoms with van der Waals surface area (Å²) in [5, 5.41) is 4.96. The molecule has 0 aliphatic carbocycles. The first-order valence-electron chi connectivity index (χ1n) is 14.5. The molecule has 0 unspecified atom stereocenters. The Morgan fingerprint density at radius 3 is 2.00 bits per heavy atom. The van der Waals surface area contributed by atoms with Gasteiger partial charge in [-0.15, -0.1) is 0 Å². The lowest BCUT2D eigenvalue weighted by Crippen LogP contribution is -2.26. The molecular weight excluding hydrogens is 534 g/mol. The Morgan fingerprint density at radius 1 is 0.976 bits per heavy atom. The van der Waals surface area contributed by atoms with E-state index in [2.05, 4.69) is 51.0 Å². The summed E-state index contributed by atoms with van der Waals surface area (Å²) < 4.78 is 16.3. The van der Waals surface area contributed by atoms with Gasteiger partial charge in [-0.3, -0.25) is 4.79 Å². The molecule has 0 radical (unpaired) electrons. The molecule has 0 amide bonds. The molecule has 2 aromatic carbocycles. The lowest BCUT2D eigenvalue weighted by Gasteiger charge is -2.18. The van der Waals surface area contributed by atoms with Crippen molar-refractivity contribution in [1.29, 1.82) is 0 Å². The second-order valence-electron chi connectivity index (χ2n) is 11.0. The maximum atomic E-state index is 10.2. The minimum Gasteiger partial charge on any atom is -0.494 e. The van der Waals surface area contributed by atoms with Gasteiger partial charge >= 0.3 is 5.97 Å². The van der Waals surface area contributed by atoms with Gasteiger partial charge in [0.1, 0.15) is 17.1 Å². The van der Waals surface area contributed by atoms with E-state index < -0.39 is 0 Å². The molecule has 0 saturated carbocycles. The Hall–Kier alpha value is -3.18. The van der Waals surface area contributed by atoms with Crippen molar-refractivity contribution >= 4 is 40.7 Å². The molecule has 0 aliphatic heterocycles. The Labute approximate surface area is 252 Å². The zero-order chi connectivity index (χ0) is 31.2. The van der Waals surface area contributed by atoms with Crippen molar-refractivity contribution in [3.63, 3.8) is 0 Å². The van der Waals surface area contributed by atoms with Crippen LogP contribution in [0.1, 0.15) is 93.7 Å². The van der Waals surface area contributed by atoms with Crippen LogP contribution in [-0.4, -0.2) is 22.7 Å². The average Bonchev–Trinajstić information content (AvgIpc) is 3.16. The van der Waals surface area contributed by atoms with E-state index in [-0.39, 0.29) is 17.7 Å². The first-order valence-corrected chi connectivity index (χ1v) is 14.8.